The lowest BCUT2D eigenvalue weighted by molar-refractivity contribution is 0.443. The van der Waals surface area contributed by atoms with E-state index in [1.165, 1.54) is 86.4 Å². The Morgan fingerprint density at radius 3 is 1.69 bits per heavy atom. The van der Waals surface area contributed by atoms with Gasteiger partial charge in [-0.3, -0.25) is 0 Å². The Morgan fingerprint density at radius 1 is 0.611 bits per heavy atom. The van der Waals surface area contributed by atoms with Crippen LogP contribution in [0.15, 0.2) is 104 Å². The largest absolute Gasteiger partial charge is 0.306 e. The summed E-state index contributed by atoms with van der Waals surface area (Å²) in [5.41, 5.74) is 5.68. The molecule has 2 saturated carbocycles. The van der Waals surface area contributed by atoms with Crippen LogP contribution in [0.5, 0.6) is 0 Å². The normalized spacial score (nSPS) is 16.7. The standard InChI is InChI=1S/C18H21B.C15H18N2/c1-4-10-16(11-5-1)19(17-12-6-2-7-13-17)18-14-8-3-9-15-18;1-2-4-13(5-3-1)14-6-8-15(9-7-14)17-11-10-16-12-17/h1-2,4-7,10-13,18H,3,8-9,14-15H2;6-13H,1-5H2. The summed E-state index contributed by atoms with van der Waals surface area (Å²) in [6, 6.07) is 31.1. The summed E-state index contributed by atoms with van der Waals surface area (Å²) in [7, 11) is 0. The molecule has 0 aliphatic heterocycles. The Kier molecular flexibility index (Phi) is 8.73. The number of nitrogens with zero attached hydrogens (tertiary/aromatic N) is 2. The predicted molar refractivity (Wildman–Crippen MR) is 154 cm³/mol. The Labute approximate surface area is 217 Å². The van der Waals surface area contributed by atoms with Crippen molar-refractivity contribution in [3.8, 4) is 5.69 Å². The van der Waals surface area contributed by atoms with Crippen LogP contribution in [0.3, 0.4) is 0 Å². The minimum absolute atomic E-state index is 0.586. The van der Waals surface area contributed by atoms with Crippen molar-refractivity contribution in [2.45, 2.75) is 75.9 Å². The van der Waals surface area contributed by atoms with Gasteiger partial charge in [-0.05, 0) is 36.5 Å². The van der Waals surface area contributed by atoms with Crippen molar-refractivity contribution in [3.63, 3.8) is 0 Å². The fourth-order valence-corrected chi connectivity index (χ4v) is 6.29. The molecule has 0 atom stereocenters. The van der Waals surface area contributed by atoms with Crippen molar-refractivity contribution in [2.24, 2.45) is 0 Å². The summed E-state index contributed by atoms with van der Waals surface area (Å²) in [5.74, 6) is 1.61. The topological polar surface area (TPSA) is 17.8 Å². The second-order valence-electron chi connectivity index (χ2n) is 10.6. The van der Waals surface area contributed by atoms with Gasteiger partial charge in [0, 0.05) is 18.1 Å². The number of imidazole rings is 1. The van der Waals surface area contributed by atoms with Crippen LogP contribution in [0.2, 0.25) is 5.82 Å². The maximum absolute atomic E-state index is 4.07. The summed E-state index contributed by atoms with van der Waals surface area (Å²) in [5, 5.41) is 0. The second-order valence-corrected chi connectivity index (χ2v) is 10.6. The number of hydrogen-bond acceptors (Lipinski definition) is 1. The molecule has 184 valence electrons. The Bertz CT molecular complexity index is 1090. The van der Waals surface area contributed by atoms with Crippen LogP contribution in [0.1, 0.15) is 75.7 Å². The van der Waals surface area contributed by atoms with Crippen LogP contribution in [-0.2, 0) is 0 Å². The lowest BCUT2D eigenvalue weighted by Gasteiger charge is -2.28. The SMILES string of the molecule is c1ccc(B(c2ccccc2)C2CCCCC2)cc1.c1cn(-c2ccc(C3CCCCC3)cc2)cn1. The molecule has 4 aromatic rings. The third kappa shape index (κ3) is 6.38. The third-order valence-corrected chi connectivity index (χ3v) is 8.21. The van der Waals surface area contributed by atoms with Crippen molar-refractivity contribution in [2.75, 3.05) is 0 Å². The molecule has 0 bridgehead atoms. The van der Waals surface area contributed by atoms with Gasteiger partial charge in [0.15, 0.2) is 0 Å². The molecular formula is C33H39BN2. The quantitative estimate of drug-likeness (QED) is 0.273. The van der Waals surface area contributed by atoms with Crippen LogP contribution in [0, 0.1) is 0 Å². The molecule has 0 radical (unpaired) electrons. The van der Waals surface area contributed by atoms with Crippen molar-refractivity contribution in [1.82, 2.24) is 9.55 Å². The van der Waals surface area contributed by atoms with Crippen LogP contribution >= 0.6 is 0 Å². The van der Waals surface area contributed by atoms with Crippen molar-refractivity contribution < 1.29 is 0 Å². The minimum Gasteiger partial charge on any atom is -0.306 e. The van der Waals surface area contributed by atoms with E-state index in [0.717, 1.165) is 11.7 Å². The highest BCUT2D eigenvalue weighted by Crippen LogP contribution is 2.33. The zero-order valence-corrected chi connectivity index (χ0v) is 21.5. The van der Waals surface area contributed by atoms with E-state index in [1.807, 2.05) is 23.3 Å². The van der Waals surface area contributed by atoms with Gasteiger partial charge in [0.1, 0.15) is 0 Å². The van der Waals surface area contributed by atoms with E-state index in [9.17, 15) is 0 Å². The lowest BCUT2D eigenvalue weighted by Crippen LogP contribution is -2.46. The Balaban J connectivity index is 0.000000149. The fourth-order valence-electron chi connectivity index (χ4n) is 6.29. The summed E-state index contributed by atoms with van der Waals surface area (Å²) in [6.45, 7) is 0.586. The van der Waals surface area contributed by atoms with Crippen molar-refractivity contribution >= 4 is 17.6 Å². The van der Waals surface area contributed by atoms with Crippen molar-refractivity contribution in [1.29, 1.82) is 0 Å². The smallest absolute Gasteiger partial charge is 0.212 e. The van der Waals surface area contributed by atoms with Crippen LogP contribution in [-0.4, -0.2) is 16.3 Å². The molecule has 0 amide bonds. The van der Waals surface area contributed by atoms with Crippen LogP contribution < -0.4 is 10.9 Å². The molecule has 2 nitrogen and oxygen atoms in total. The van der Waals surface area contributed by atoms with Gasteiger partial charge < -0.3 is 4.57 Å². The summed E-state index contributed by atoms with van der Waals surface area (Å²) in [6.07, 6.45) is 19.6. The molecule has 0 saturated heterocycles. The molecule has 3 heteroatoms. The fraction of sp³-hybridized carbons (Fsp3) is 0.364. The zero-order chi connectivity index (χ0) is 24.4. The maximum atomic E-state index is 4.07. The zero-order valence-electron chi connectivity index (χ0n) is 21.5. The van der Waals surface area contributed by atoms with E-state index in [4.69, 9.17) is 0 Å². The molecule has 6 rings (SSSR count). The average molecular weight is 475 g/mol. The van der Waals surface area contributed by atoms with E-state index in [1.54, 1.807) is 0 Å². The van der Waals surface area contributed by atoms with Gasteiger partial charge in [-0.1, -0.05) is 141 Å². The highest BCUT2D eigenvalue weighted by Gasteiger charge is 2.29. The van der Waals surface area contributed by atoms with Crippen LogP contribution in [0.25, 0.3) is 5.69 Å². The first kappa shape index (κ1) is 24.6. The van der Waals surface area contributed by atoms with E-state index >= 15 is 0 Å². The van der Waals surface area contributed by atoms with Crippen molar-refractivity contribution in [3.05, 3.63) is 109 Å². The van der Waals surface area contributed by atoms with E-state index in [-0.39, 0.29) is 0 Å². The van der Waals surface area contributed by atoms with E-state index < -0.39 is 0 Å². The number of benzene rings is 3. The van der Waals surface area contributed by atoms with Gasteiger partial charge >= 0.3 is 0 Å². The summed E-state index contributed by atoms with van der Waals surface area (Å²) in [4.78, 5) is 4.07. The second kappa shape index (κ2) is 12.8. The molecule has 0 unspecified atom stereocenters. The van der Waals surface area contributed by atoms with Crippen LogP contribution in [0.4, 0.5) is 0 Å². The highest BCUT2D eigenvalue weighted by atomic mass is 15.0. The van der Waals surface area contributed by atoms with Gasteiger partial charge in [-0.25, -0.2) is 4.98 Å². The van der Waals surface area contributed by atoms with Gasteiger partial charge in [0.25, 0.3) is 0 Å². The first-order valence-electron chi connectivity index (χ1n) is 14.1. The first-order valence-corrected chi connectivity index (χ1v) is 14.1. The average Bonchev–Trinajstić information content (AvgIpc) is 3.51. The lowest BCUT2D eigenvalue weighted by atomic mass is 9.32. The molecule has 36 heavy (non-hydrogen) atoms. The number of aromatic nitrogens is 2. The molecule has 2 aliphatic carbocycles. The molecule has 2 fully saturated rings. The summed E-state index contributed by atoms with van der Waals surface area (Å²) >= 11 is 0. The molecular weight excluding hydrogens is 435 g/mol. The van der Waals surface area contributed by atoms with Gasteiger partial charge in [-0.15, -0.1) is 0 Å². The van der Waals surface area contributed by atoms with E-state index in [2.05, 4.69) is 89.9 Å². The number of hydrogen-bond donors (Lipinski definition) is 0. The Hall–Kier alpha value is -3.07. The van der Waals surface area contributed by atoms with E-state index in [0.29, 0.717) is 6.71 Å². The minimum atomic E-state index is 0.586. The van der Waals surface area contributed by atoms with Gasteiger partial charge in [-0.2, -0.15) is 0 Å². The maximum Gasteiger partial charge on any atom is 0.212 e. The Morgan fingerprint density at radius 2 is 1.17 bits per heavy atom. The van der Waals surface area contributed by atoms with Gasteiger partial charge in [0.05, 0.1) is 6.33 Å². The molecule has 1 heterocycles. The predicted octanol–water partition coefficient (Wildman–Crippen LogP) is 7.55. The summed E-state index contributed by atoms with van der Waals surface area (Å²) < 4.78 is 2.05. The molecule has 0 N–H and O–H groups in total. The third-order valence-electron chi connectivity index (χ3n) is 8.21. The first-order chi connectivity index (χ1) is 17.9. The monoisotopic (exact) mass is 474 g/mol. The molecule has 1 aromatic heterocycles. The molecule has 2 aliphatic rings. The molecule has 3 aromatic carbocycles. The van der Waals surface area contributed by atoms with Gasteiger partial charge in [0.2, 0.25) is 6.71 Å². The highest BCUT2D eigenvalue weighted by molar-refractivity contribution is 6.86. The molecule has 0 spiro atoms. The number of rotatable bonds is 5.